The Hall–Kier alpha value is -1.49. The maximum atomic E-state index is 5.76. The van der Waals surface area contributed by atoms with Crippen LogP contribution in [0.25, 0.3) is 0 Å². The maximum Gasteiger partial charge on any atom is 0.193 e. The van der Waals surface area contributed by atoms with Gasteiger partial charge in [0.15, 0.2) is 5.22 Å². The predicted octanol–water partition coefficient (Wildman–Crippen LogP) is 2.69. The largest absolute Gasteiger partial charge is 0.496 e. The summed E-state index contributed by atoms with van der Waals surface area (Å²) in [6.07, 6.45) is 0.657. The van der Waals surface area contributed by atoms with Gasteiger partial charge in [-0.1, -0.05) is 18.2 Å². The molecule has 0 aliphatic heterocycles. The Labute approximate surface area is 111 Å². The second-order valence-corrected chi connectivity index (χ2v) is 4.25. The first-order chi connectivity index (χ1) is 8.74. The molecule has 0 spiro atoms. The zero-order chi connectivity index (χ0) is 13.0. The standard InChI is InChI=1S/C13H15ClN2O2/c1-17-11-5-3-2-4-9(11)8-10(16-15)12-6-7-13(14)18-12/h2-7,10,16H,8,15H2,1H3. The van der Waals surface area contributed by atoms with Crippen LogP contribution < -0.4 is 16.0 Å². The van der Waals surface area contributed by atoms with Gasteiger partial charge in [-0.2, -0.15) is 0 Å². The number of halogens is 1. The number of nitrogens with one attached hydrogen (secondary N) is 1. The van der Waals surface area contributed by atoms with Gasteiger partial charge in [0, 0.05) is 0 Å². The minimum absolute atomic E-state index is 0.145. The Morgan fingerprint density at radius 2 is 2.11 bits per heavy atom. The Morgan fingerprint density at radius 3 is 2.72 bits per heavy atom. The summed E-state index contributed by atoms with van der Waals surface area (Å²) in [5.41, 5.74) is 3.77. The fourth-order valence-electron chi connectivity index (χ4n) is 1.85. The highest BCUT2D eigenvalue weighted by molar-refractivity contribution is 6.28. The first-order valence-electron chi connectivity index (χ1n) is 5.58. The summed E-state index contributed by atoms with van der Waals surface area (Å²) in [4.78, 5) is 0. The lowest BCUT2D eigenvalue weighted by atomic mass is 10.0. The smallest absolute Gasteiger partial charge is 0.193 e. The van der Waals surface area contributed by atoms with Crippen molar-refractivity contribution in [1.82, 2.24) is 5.43 Å². The third kappa shape index (κ3) is 2.85. The summed E-state index contributed by atoms with van der Waals surface area (Å²) in [5, 5.41) is 0.352. The minimum Gasteiger partial charge on any atom is -0.496 e. The van der Waals surface area contributed by atoms with E-state index in [-0.39, 0.29) is 6.04 Å². The van der Waals surface area contributed by atoms with E-state index in [4.69, 9.17) is 26.6 Å². The number of para-hydroxylation sites is 1. The normalized spacial score (nSPS) is 12.4. The second kappa shape index (κ2) is 5.91. The maximum absolute atomic E-state index is 5.76. The van der Waals surface area contributed by atoms with Crippen LogP contribution in [0.4, 0.5) is 0 Å². The summed E-state index contributed by atoms with van der Waals surface area (Å²) in [6, 6.07) is 11.2. The fourth-order valence-corrected chi connectivity index (χ4v) is 2.00. The molecule has 0 aliphatic carbocycles. The van der Waals surface area contributed by atoms with Gasteiger partial charge < -0.3 is 9.15 Å². The van der Waals surface area contributed by atoms with Crippen molar-refractivity contribution < 1.29 is 9.15 Å². The third-order valence-electron chi connectivity index (χ3n) is 2.76. The van der Waals surface area contributed by atoms with Gasteiger partial charge in [0.25, 0.3) is 0 Å². The lowest BCUT2D eigenvalue weighted by molar-refractivity contribution is 0.392. The van der Waals surface area contributed by atoms with Crippen LogP contribution in [0.15, 0.2) is 40.8 Å². The molecule has 3 N–H and O–H groups in total. The molecule has 1 aromatic heterocycles. The van der Waals surface area contributed by atoms with Crippen molar-refractivity contribution >= 4 is 11.6 Å². The van der Waals surface area contributed by atoms with Crippen LogP contribution in [0.5, 0.6) is 5.75 Å². The molecule has 96 valence electrons. The van der Waals surface area contributed by atoms with Gasteiger partial charge >= 0.3 is 0 Å². The molecule has 5 heteroatoms. The van der Waals surface area contributed by atoms with E-state index in [1.807, 2.05) is 30.3 Å². The van der Waals surface area contributed by atoms with Gasteiger partial charge in [-0.3, -0.25) is 5.84 Å². The third-order valence-corrected chi connectivity index (χ3v) is 2.96. The molecule has 0 amide bonds. The molecule has 2 aromatic rings. The average molecular weight is 267 g/mol. The molecule has 0 saturated carbocycles. The van der Waals surface area contributed by atoms with Crippen LogP contribution in [0.3, 0.4) is 0 Å². The Kier molecular flexibility index (Phi) is 4.25. The van der Waals surface area contributed by atoms with E-state index in [0.717, 1.165) is 11.3 Å². The number of hydrogen-bond donors (Lipinski definition) is 2. The number of nitrogens with two attached hydrogens (primary N) is 1. The van der Waals surface area contributed by atoms with E-state index >= 15 is 0 Å². The summed E-state index contributed by atoms with van der Waals surface area (Å²) >= 11 is 5.76. The number of hydrogen-bond acceptors (Lipinski definition) is 4. The van der Waals surface area contributed by atoms with Crippen LogP contribution in [-0.2, 0) is 6.42 Å². The number of benzene rings is 1. The van der Waals surface area contributed by atoms with E-state index in [0.29, 0.717) is 17.4 Å². The molecule has 0 fully saturated rings. The van der Waals surface area contributed by atoms with Crippen molar-refractivity contribution in [2.75, 3.05) is 7.11 Å². The van der Waals surface area contributed by atoms with E-state index in [1.165, 1.54) is 0 Å². The SMILES string of the molecule is COc1ccccc1CC(NN)c1ccc(Cl)o1. The zero-order valence-corrected chi connectivity index (χ0v) is 10.8. The van der Waals surface area contributed by atoms with Gasteiger partial charge in [0.05, 0.1) is 13.2 Å². The molecule has 2 rings (SSSR count). The number of hydrazine groups is 1. The van der Waals surface area contributed by atoms with Crippen LogP contribution in [0, 0.1) is 0 Å². The van der Waals surface area contributed by atoms with Crippen molar-refractivity contribution in [1.29, 1.82) is 0 Å². The summed E-state index contributed by atoms with van der Waals surface area (Å²) in [5.74, 6) is 7.09. The topological polar surface area (TPSA) is 60.4 Å². The van der Waals surface area contributed by atoms with E-state index in [9.17, 15) is 0 Å². The Morgan fingerprint density at radius 1 is 1.33 bits per heavy atom. The molecular weight excluding hydrogens is 252 g/mol. The van der Waals surface area contributed by atoms with Gasteiger partial charge in [0.1, 0.15) is 11.5 Å². The second-order valence-electron chi connectivity index (χ2n) is 3.88. The summed E-state index contributed by atoms with van der Waals surface area (Å²) in [6.45, 7) is 0. The molecule has 1 heterocycles. The van der Waals surface area contributed by atoms with Crippen molar-refractivity contribution in [3.05, 3.63) is 52.9 Å². The van der Waals surface area contributed by atoms with Crippen LogP contribution in [0.1, 0.15) is 17.4 Å². The molecule has 0 radical (unpaired) electrons. The minimum atomic E-state index is -0.145. The van der Waals surface area contributed by atoms with Crippen molar-refractivity contribution in [2.45, 2.75) is 12.5 Å². The first kappa shape index (κ1) is 13.0. The van der Waals surface area contributed by atoms with Crippen molar-refractivity contribution in [3.63, 3.8) is 0 Å². The molecule has 1 aromatic carbocycles. The lowest BCUT2D eigenvalue weighted by Crippen LogP contribution is -2.29. The highest BCUT2D eigenvalue weighted by Gasteiger charge is 2.16. The van der Waals surface area contributed by atoms with E-state index in [1.54, 1.807) is 13.2 Å². The van der Waals surface area contributed by atoms with Gasteiger partial charge in [0.2, 0.25) is 0 Å². The fraction of sp³-hybridized carbons (Fsp3) is 0.231. The number of rotatable bonds is 5. The molecule has 0 saturated heterocycles. The quantitative estimate of drug-likeness (QED) is 0.645. The first-order valence-corrected chi connectivity index (χ1v) is 5.95. The molecule has 18 heavy (non-hydrogen) atoms. The Bertz CT molecular complexity index is 513. The van der Waals surface area contributed by atoms with Crippen molar-refractivity contribution in [3.8, 4) is 5.75 Å². The van der Waals surface area contributed by atoms with Crippen LogP contribution >= 0.6 is 11.6 Å². The molecule has 0 aliphatic rings. The van der Waals surface area contributed by atoms with E-state index in [2.05, 4.69) is 5.43 Å². The highest BCUT2D eigenvalue weighted by Crippen LogP contribution is 2.26. The number of methoxy groups -OCH3 is 1. The van der Waals surface area contributed by atoms with Gasteiger partial charge in [-0.25, -0.2) is 5.43 Å². The average Bonchev–Trinajstić information content (AvgIpc) is 2.83. The zero-order valence-electron chi connectivity index (χ0n) is 10.0. The van der Waals surface area contributed by atoms with E-state index < -0.39 is 0 Å². The monoisotopic (exact) mass is 266 g/mol. The molecular formula is C13H15ClN2O2. The highest BCUT2D eigenvalue weighted by atomic mass is 35.5. The number of furan rings is 1. The van der Waals surface area contributed by atoms with Gasteiger partial charge in [-0.05, 0) is 41.8 Å². The molecule has 1 unspecified atom stereocenters. The van der Waals surface area contributed by atoms with Crippen molar-refractivity contribution in [2.24, 2.45) is 5.84 Å². The Balaban J connectivity index is 2.20. The van der Waals surface area contributed by atoms with Crippen LogP contribution in [0.2, 0.25) is 5.22 Å². The van der Waals surface area contributed by atoms with Gasteiger partial charge in [-0.15, -0.1) is 0 Å². The lowest BCUT2D eigenvalue weighted by Gasteiger charge is -2.15. The number of ether oxygens (including phenoxy) is 1. The molecule has 1 atom stereocenters. The summed E-state index contributed by atoms with van der Waals surface area (Å²) in [7, 11) is 1.65. The molecule has 4 nitrogen and oxygen atoms in total. The predicted molar refractivity (Wildman–Crippen MR) is 70.5 cm³/mol. The summed E-state index contributed by atoms with van der Waals surface area (Å²) < 4.78 is 10.7. The van der Waals surface area contributed by atoms with Crippen LogP contribution in [-0.4, -0.2) is 7.11 Å². The molecule has 0 bridgehead atoms.